The third-order valence-electron chi connectivity index (χ3n) is 2.85. The number of carbonyl (C=O) groups is 3. The van der Waals surface area contributed by atoms with E-state index in [1.165, 1.54) is 16.7 Å². The summed E-state index contributed by atoms with van der Waals surface area (Å²) in [6.07, 6.45) is 0. The van der Waals surface area contributed by atoms with Crippen LogP contribution in [0.3, 0.4) is 0 Å². The minimum absolute atomic E-state index is 0.106. The number of benzene rings is 1. The quantitative estimate of drug-likeness (QED) is 0.873. The monoisotopic (exact) mass is 294 g/mol. The van der Waals surface area contributed by atoms with Crippen molar-refractivity contribution in [3.8, 4) is 0 Å². The van der Waals surface area contributed by atoms with Crippen LogP contribution < -0.4 is 5.32 Å². The minimum Gasteiger partial charge on any atom is -0.480 e. The Balaban J connectivity index is 2.24. The van der Waals surface area contributed by atoms with Crippen LogP contribution in [-0.2, 0) is 9.59 Å². The fourth-order valence-electron chi connectivity index (χ4n) is 1.89. The Morgan fingerprint density at radius 3 is 2.85 bits per heavy atom. The van der Waals surface area contributed by atoms with Crippen molar-refractivity contribution in [1.29, 1.82) is 0 Å². The molecule has 0 saturated carbocycles. The number of fused-ring (bicyclic) bond motifs is 1. The number of hydrogen-bond acceptors (Lipinski definition) is 4. The fraction of sp³-hybridized carbons (Fsp3) is 0.308. The number of carboxylic acids is 1. The second kappa shape index (κ2) is 5.96. The first-order chi connectivity index (χ1) is 9.51. The van der Waals surface area contributed by atoms with Crippen molar-refractivity contribution in [3.05, 3.63) is 23.8 Å². The Bertz CT molecular complexity index is 573. The largest absolute Gasteiger partial charge is 0.480 e. The molecule has 2 N–H and O–H groups in total. The molecule has 7 heteroatoms. The summed E-state index contributed by atoms with van der Waals surface area (Å²) in [5, 5.41) is 11.5. The van der Waals surface area contributed by atoms with Gasteiger partial charge in [-0.3, -0.25) is 14.4 Å². The third kappa shape index (κ3) is 3.11. The Morgan fingerprint density at radius 1 is 1.45 bits per heavy atom. The molecule has 0 aliphatic carbocycles. The Labute approximate surface area is 120 Å². The Morgan fingerprint density at radius 2 is 2.20 bits per heavy atom. The summed E-state index contributed by atoms with van der Waals surface area (Å²) in [5.41, 5.74) is 0.970. The van der Waals surface area contributed by atoms with Crippen molar-refractivity contribution in [2.75, 3.05) is 24.2 Å². The zero-order chi connectivity index (χ0) is 14.7. The standard InChI is InChI=1S/C13H14N2O4S/c1-2-15(6-12(17)18)13(19)8-3-4-10-9(5-8)14-11(16)7-20-10/h3-5H,2,6-7H2,1H3,(H,14,16)(H,17,18). The summed E-state index contributed by atoms with van der Waals surface area (Å²) >= 11 is 1.41. The second-order valence-electron chi connectivity index (χ2n) is 4.26. The van der Waals surface area contributed by atoms with Crippen LogP contribution in [0.5, 0.6) is 0 Å². The molecule has 0 spiro atoms. The number of amides is 2. The number of nitrogens with one attached hydrogen (secondary N) is 1. The Hall–Kier alpha value is -2.02. The van der Waals surface area contributed by atoms with Crippen LogP contribution >= 0.6 is 11.8 Å². The molecule has 0 unspecified atom stereocenters. The van der Waals surface area contributed by atoms with E-state index >= 15 is 0 Å². The smallest absolute Gasteiger partial charge is 0.323 e. The molecular weight excluding hydrogens is 280 g/mol. The lowest BCUT2D eigenvalue weighted by molar-refractivity contribution is -0.137. The maximum Gasteiger partial charge on any atom is 0.323 e. The van der Waals surface area contributed by atoms with Gasteiger partial charge in [0.25, 0.3) is 5.91 Å². The van der Waals surface area contributed by atoms with Crippen molar-refractivity contribution in [2.45, 2.75) is 11.8 Å². The van der Waals surface area contributed by atoms with Crippen LogP contribution in [0.1, 0.15) is 17.3 Å². The van der Waals surface area contributed by atoms with E-state index in [2.05, 4.69) is 5.32 Å². The van der Waals surface area contributed by atoms with Crippen molar-refractivity contribution in [2.24, 2.45) is 0 Å². The summed E-state index contributed by atoms with van der Waals surface area (Å²) in [6.45, 7) is 1.69. The summed E-state index contributed by atoms with van der Waals surface area (Å²) in [7, 11) is 0. The maximum atomic E-state index is 12.2. The first-order valence-electron chi connectivity index (χ1n) is 6.09. The van der Waals surface area contributed by atoms with Gasteiger partial charge in [-0.25, -0.2) is 0 Å². The molecule has 0 saturated heterocycles. The summed E-state index contributed by atoms with van der Waals surface area (Å²) in [6, 6.07) is 5.00. The van der Waals surface area contributed by atoms with Gasteiger partial charge in [0.15, 0.2) is 0 Å². The van der Waals surface area contributed by atoms with Crippen molar-refractivity contribution >= 4 is 35.2 Å². The number of nitrogens with zero attached hydrogens (tertiary/aromatic N) is 1. The molecule has 6 nitrogen and oxygen atoms in total. The lowest BCUT2D eigenvalue weighted by Gasteiger charge is -2.21. The van der Waals surface area contributed by atoms with E-state index in [1.807, 2.05) is 0 Å². The molecule has 2 amide bonds. The molecule has 106 valence electrons. The minimum atomic E-state index is -1.05. The Kier molecular flexibility index (Phi) is 4.29. The molecule has 1 aromatic carbocycles. The molecule has 20 heavy (non-hydrogen) atoms. The fourth-order valence-corrected chi connectivity index (χ4v) is 2.68. The summed E-state index contributed by atoms with van der Waals surface area (Å²) < 4.78 is 0. The van der Waals surface area contributed by atoms with E-state index in [4.69, 9.17) is 5.11 Å². The van der Waals surface area contributed by atoms with Crippen molar-refractivity contribution in [1.82, 2.24) is 4.90 Å². The number of carboxylic acid groups (broad SMARTS) is 1. The molecule has 1 aliphatic heterocycles. The number of carbonyl (C=O) groups excluding carboxylic acids is 2. The second-order valence-corrected chi connectivity index (χ2v) is 5.28. The molecule has 2 rings (SSSR count). The van der Waals surface area contributed by atoms with E-state index in [0.29, 0.717) is 23.5 Å². The highest BCUT2D eigenvalue weighted by molar-refractivity contribution is 8.00. The highest BCUT2D eigenvalue weighted by Crippen LogP contribution is 2.32. The SMILES string of the molecule is CCN(CC(=O)O)C(=O)c1ccc2c(c1)NC(=O)CS2. The van der Waals surface area contributed by atoms with Gasteiger partial charge in [0, 0.05) is 17.0 Å². The molecule has 1 aromatic rings. The van der Waals surface area contributed by atoms with E-state index < -0.39 is 5.97 Å². The van der Waals surface area contributed by atoms with Gasteiger partial charge in [-0.05, 0) is 25.1 Å². The number of thioether (sulfide) groups is 1. The average Bonchev–Trinajstić information content (AvgIpc) is 2.43. The van der Waals surface area contributed by atoms with Gasteiger partial charge in [0.05, 0.1) is 11.4 Å². The van der Waals surface area contributed by atoms with Gasteiger partial charge in [-0.2, -0.15) is 0 Å². The lowest BCUT2D eigenvalue weighted by Crippen LogP contribution is -2.35. The number of aliphatic carboxylic acids is 1. The molecule has 0 atom stereocenters. The molecule has 0 fully saturated rings. The molecule has 0 bridgehead atoms. The van der Waals surface area contributed by atoms with Gasteiger partial charge >= 0.3 is 5.97 Å². The van der Waals surface area contributed by atoms with Crippen molar-refractivity contribution in [3.63, 3.8) is 0 Å². The van der Waals surface area contributed by atoms with Gasteiger partial charge in [-0.15, -0.1) is 11.8 Å². The first kappa shape index (κ1) is 14.4. The van der Waals surface area contributed by atoms with Gasteiger partial charge in [0.2, 0.25) is 5.91 Å². The maximum absolute atomic E-state index is 12.2. The molecule has 0 aromatic heterocycles. The molecule has 1 heterocycles. The predicted octanol–water partition coefficient (Wildman–Crippen LogP) is 1.28. The zero-order valence-electron chi connectivity index (χ0n) is 10.9. The van der Waals surface area contributed by atoms with Crippen LogP contribution in [0.4, 0.5) is 5.69 Å². The molecular formula is C13H14N2O4S. The highest BCUT2D eigenvalue weighted by atomic mass is 32.2. The predicted molar refractivity (Wildman–Crippen MR) is 75.0 cm³/mol. The van der Waals surface area contributed by atoms with Crippen LogP contribution in [-0.4, -0.2) is 46.6 Å². The van der Waals surface area contributed by atoms with Gasteiger partial charge in [0.1, 0.15) is 6.54 Å². The average molecular weight is 294 g/mol. The van der Waals surface area contributed by atoms with Gasteiger partial charge in [-0.1, -0.05) is 0 Å². The van der Waals surface area contributed by atoms with E-state index in [1.54, 1.807) is 25.1 Å². The zero-order valence-corrected chi connectivity index (χ0v) is 11.7. The highest BCUT2D eigenvalue weighted by Gasteiger charge is 2.20. The summed E-state index contributed by atoms with van der Waals surface area (Å²) in [4.78, 5) is 36.4. The van der Waals surface area contributed by atoms with Crippen molar-refractivity contribution < 1.29 is 19.5 Å². The first-order valence-corrected chi connectivity index (χ1v) is 7.07. The van der Waals surface area contributed by atoms with Crippen LogP contribution in [0, 0.1) is 0 Å². The van der Waals surface area contributed by atoms with Crippen LogP contribution in [0.25, 0.3) is 0 Å². The lowest BCUT2D eigenvalue weighted by atomic mass is 10.1. The number of rotatable bonds is 4. The van der Waals surface area contributed by atoms with Crippen LogP contribution in [0.2, 0.25) is 0 Å². The third-order valence-corrected chi connectivity index (χ3v) is 3.93. The van der Waals surface area contributed by atoms with Gasteiger partial charge < -0.3 is 15.3 Å². The van der Waals surface area contributed by atoms with E-state index in [-0.39, 0.29) is 18.4 Å². The number of likely N-dealkylation sites (N-methyl/N-ethyl adjacent to an activating group) is 1. The van der Waals surface area contributed by atoms with Crippen LogP contribution in [0.15, 0.2) is 23.1 Å². The molecule has 1 aliphatic rings. The number of anilines is 1. The number of hydrogen-bond donors (Lipinski definition) is 2. The summed E-state index contributed by atoms with van der Waals surface area (Å²) in [5.74, 6) is -1.16. The topological polar surface area (TPSA) is 86.7 Å². The molecule has 0 radical (unpaired) electrons. The van der Waals surface area contributed by atoms with E-state index in [9.17, 15) is 14.4 Å². The van der Waals surface area contributed by atoms with E-state index in [0.717, 1.165) is 4.90 Å². The normalized spacial score (nSPS) is 13.3.